The Balaban J connectivity index is 1.76. The first-order valence-electron chi connectivity index (χ1n) is 7.05. The predicted molar refractivity (Wildman–Crippen MR) is 86.1 cm³/mol. The van der Waals surface area contributed by atoms with E-state index in [1.54, 1.807) is 7.11 Å². The Kier molecular flexibility index (Phi) is 4.97. The second-order valence-corrected chi connectivity index (χ2v) is 5.72. The second kappa shape index (κ2) is 7.13. The fourth-order valence-electron chi connectivity index (χ4n) is 2.28. The van der Waals surface area contributed by atoms with E-state index in [0.29, 0.717) is 19.8 Å². The molecule has 22 heavy (non-hydrogen) atoms. The van der Waals surface area contributed by atoms with Gasteiger partial charge in [0.15, 0.2) is 6.29 Å². The van der Waals surface area contributed by atoms with Gasteiger partial charge in [-0.15, -0.1) is 0 Å². The van der Waals surface area contributed by atoms with Gasteiger partial charge in [0.2, 0.25) is 0 Å². The highest BCUT2D eigenvalue weighted by Crippen LogP contribution is 2.37. The van der Waals surface area contributed by atoms with E-state index in [-0.39, 0.29) is 6.29 Å². The van der Waals surface area contributed by atoms with Gasteiger partial charge in [-0.1, -0.05) is 24.3 Å². The molecule has 0 saturated carbocycles. The molecule has 1 saturated heterocycles. The topological polar surface area (TPSA) is 36.9 Å². The number of methoxy groups -OCH3 is 1. The number of ether oxygens (including phenoxy) is 4. The summed E-state index contributed by atoms with van der Waals surface area (Å²) < 4.78 is 23.2. The highest BCUT2D eigenvalue weighted by Gasteiger charge is 2.23. The summed E-state index contributed by atoms with van der Waals surface area (Å²) in [5, 5.41) is 0. The lowest BCUT2D eigenvalue weighted by Crippen LogP contribution is -2.04. The maximum absolute atomic E-state index is 5.99. The average Bonchev–Trinajstić information content (AvgIpc) is 3.08. The van der Waals surface area contributed by atoms with Crippen LogP contribution in [0.3, 0.4) is 0 Å². The minimum atomic E-state index is -0.358. The van der Waals surface area contributed by atoms with Crippen LogP contribution in [0.1, 0.15) is 17.4 Å². The van der Waals surface area contributed by atoms with E-state index in [0.717, 1.165) is 27.1 Å². The lowest BCUT2D eigenvalue weighted by atomic mass is 10.2. The summed E-state index contributed by atoms with van der Waals surface area (Å²) in [6, 6.07) is 13.7. The molecule has 0 aliphatic carbocycles. The Morgan fingerprint density at radius 1 is 1.09 bits per heavy atom. The van der Waals surface area contributed by atoms with Crippen LogP contribution in [0.4, 0.5) is 0 Å². The number of para-hydroxylation sites is 1. The standard InChI is InChI=1S/C17H17BrO4/c1-19-13-7-5-12(6-8-13)11-22-16-14(3-2-4-15(16)18)17-20-9-10-21-17/h2-8,17H,9-11H2,1H3. The van der Waals surface area contributed by atoms with Crippen LogP contribution >= 0.6 is 15.9 Å². The monoisotopic (exact) mass is 364 g/mol. The third kappa shape index (κ3) is 3.43. The van der Waals surface area contributed by atoms with Gasteiger partial charge in [-0.25, -0.2) is 0 Å². The van der Waals surface area contributed by atoms with Crippen molar-refractivity contribution in [1.82, 2.24) is 0 Å². The van der Waals surface area contributed by atoms with E-state index in [2.05, 4.69) is 15.9 Å². The summed E-state index contributed by atoms with van der Waals surface area (Å²) in [6.07, 6.45) is -0.358. The van der Waals surface area contributed by atoms with E-state index in [1.807, 2.05) is 42.5 Å². The molecule has 0 amide bonds. The molecule has 2 aromatic carbocycles. The normalized spacial score (nSPS) is 15.0. The molecule has 0 spiro atoms. The zero-order valence-electron chi connectivity index (χ0n) is 12.3. The van der Waals surface area contributed by atoms with Gasteiger partial charge in [0.25, 0.3) is 0 Å². The maximum Gasteiger partial charge on any atom is 0.187 e. The molecule has 0 radical (unpaired) electrons. The number of rotatable bonds is 5. The Morgan fingerprint density at radius 3 is 2.50 bits per heavy atom. The summed E-state index contributed by atoms with van der Waals surface area (Å²) in [4.78, 5) is 0. The molecule has 0 atom stereocenters. The van der Waals surface area contributed by atoms with E-state index >= 15 is 0 Å². The summed E-state index contributed by atoms with van der Waals surface area (Å²) in [5.74, 6) is 1.59. The molecule has 0 bridgehead atoms. The van der Waals surface area contributed by atoms with Crippen LogP contribution in [-0.4, -0.2) is 20.3 Å². The first-order chi connectivity index (χ1) is 10.8. The molecule has 5 heteroatoms. The van der Waals surface area contributed by atoms with Gasteiger partial charge in [-0.3, -0.25) is 0 Å². The number of benzene rings is 2. The van der Waals surface area contributed by atoms with Crippen LogP contribution in [0.25, 0.3) is 0 Å². The minimum absolute atomic E-state index is 0.358. The van der Waals surface area contributed by atoms with Crippen molar-refractivity contribution in [2.24, 2.45) is 0 Å². The first kappa shape index (κ1) is 15.3. The van der Waals surface area contributed by atoms with Crippen LogP contribution in [-0.2, 0) is 16.1 Å². The summed E-state index contributed by atoms with van der Waals surface area (Å²) >= 11 is 3.53. The minimum Gasteiger partial charge on any atom is -0.497 e. The lowest BCUT2D eigenvalue weighted by molar-refractivity contribution is -0.0459. The van der Waals surface area contributed by atoms with Crippen molar-refractivity contribution in [3.05, 3.63) is 58.1 Å². The molecule has 3 rings (SSSR count). The van der Waals surface area contributed by atoms with Gasteiger partial charge in [0.05, 0.1) is 30.4 Å². The summed E-state index contributed by atoms with van der Waals surface area (Å²) in [7, 11) is 1.65. The molecule has 0 N–H and O–H groups in total. The SMILES string of the molecule is COc1ccc(COc2c(Br)cccc2C2OCCO2)cc1. The Hall–Kier alpha value is -1.56. The molecule has 2 aromatic rings. The third-order valence-corrected chi connectivity index (χ3v) is 4.04. The second-order valence-electron chi connectivity index (χ2n) is 4.87. The Labute approximate surface area is 138 Å². The molecule has 1 fully saturated rings. The van der Waals surface area contributed by atoms with Gasteiger partial charge in [0.1, 0.15) is 18.1 Å². The van der Waals surface area contributed by atoms with Crippen molar-refractivity contribution in [2.75, 3.05) is 20.3 Å². The van der Waals surface area contributed by atoms with Crippen LogP contribution in [0.5, 0.6) is 11.5 Å². The first-order valence-corrected chi connectivity index (χ1v) is 7.84. The average molecular weight is 365 g/mol. The molecule has 0 aromatic heterocycles. The van der Waals surface area contributed by atoms with Gasteiger partial charge in [-0.05, 0) is 39.7 Å². The van der Waals surface area contributed by atoms with Crippen LogP contribution in [0.15, 0.2) is 46.9 Å². The Bertz CT molecular complexity index is 621. The zero-order valence-corrected chi connectivity index (χ0v) is 13.8. The largest absolute Gasteiger partial charge is 0.497 e. The van der Waals surface area contributed by atoms with Crippen molar-refractivity contribution in [3.63, 3.8) is 0 Å². The van der Waals surface area contributed by atoms with Gasteiger partial charge < -0.3 is 18.9 Å². The highest BCUT2D eigenvalue weighted by atomic mass is 79.9. The smallest absolute Gasteiger partial charge is 0.187 e. The molecule has 1 aliphatic heterocycles. The molecular formula is C17H17BrO4. The van der Waals surface area contributed by atoms with Crippen LogP contribution in [0.2, 0.25) is 0 Å². The zero-order chi connectivity index (χ0) is 15.4. The maximum atomic E-state index is 5.99. The fraction of sp³-hybridized carbons (Fsp3) is 0.294. The van der Waals surface area contributed by atoms with E-state index in [9.17, 15) is 0 Å². The predicted octanol–water partition coefficient (Wildman–Crippen LogP) is 4.08. The molecule has 4 nitrogen and oxygen atoms in total. The van der Waals surface area contributed by atoms with Gasteiger partial charge in [-0.2, -0.15) is 0 Å². The van der Waals surface area contributed by atoms with Crippen LogP contribution < -0.4 is 9.47 Å². The van der Waals surface area contributed by atoms with Crippen molar-refractivity contribution in [1.29, 1.82) is 0 Å². The van der Waals surface area contributed by atoms with E-state index in [1.165, 1.54) is 0 Å². The number of hydrogen-bond donors (Lipinski definition) is 0. The van der Waals surface area contributed by atoms with Crippen molar-refractivity contribution >= 4 is 15.9 Å². The fourth-order valence-corrected chi connectivity index (χ4v) is 2.77. The molecule has 116 valence electrons. The quantitative estimate of drug-likeness (QED) is 0.800. The third-order valence-electron chi connectivity index (χ3n) is 3.42. The summed E-state index contributed by atoms with van der Waals surface area (Å²) in [5.41, 5.74) is 1.97. The molecular weight excluding hydrogens is 348 g/mol. The highest BCUT2D eigenvalue weighted by molar-refractivity contribution is 9.10. The van der Waals surface area contributed by atoms with E-state index < -0.39 is 0 Å². The van der Waals surface area contributed by atoms with Crippen molar-refractivity contribution in [3.8, 4) is 11.5 Å². The van der Waals surface area contributed by atoms with Crippen molar-refractivity contribution < 1.29 is 18.9 Å². The van der Waals surface area contributed by atoms with Crippen LogP contribution in [0, 0.1) is 0 Å². The van der Waals surface area contributed by atoms with E-state index in [4.69, 9.17) is 18.9 Å². The summed E-state index contributed by atoms with van der Waals surface area (Å²) in [6.45, 7) is 1.68. The molecule has 1 aliphatic rings. The Morgan fingerprint density at radius 2 is 1.82 bits per heavy atom. The molecule has 0 unspecified atom stereocenters. The van der Waals surface area contributed by atoms with Crippen molar-refractivity contribution in [2.45, 2.75) is 12.9 Å². The number of hydrogen-bond acceptors (Lipinski definition) is 4. The van der Waals surface area contributed by atoms with Gasteiger partial charge in [0, 0.05) is 0 Å². The molecule has 1 heterocycles. The lowest BCUT2D eigenvalue weighted by Gasteiger charge is -2.17. The van der Waals surface area contributed by atoms with Gasteiger partial charge >= 0.3 is 0 Å². The number of halogens is 1.